The number of nitriles is 1. The van der Waals surface area contributed by atoms with Crippen LogP contribution in [0.3, 0.4) is 0 Å². The van der Waals surface area contributed by atoms with Crippen molar-refractivity contribution in [2.24, 2.45) is 0 Å². The number of piperazine rings is 1. The normalized spacial score (nSPS) is 20.3. The van der Waals surface area contributed by atoms with Crippen molar-refractivity contribution in [3.8, 4) is 11.8 Å². The van der Waals surface area contributed by atoms with Crippen molar-refractivity contribution in [1.29, 1.82) is 5.26 Å². The standard InChI is InChI=1S/C24H25FN8O2/c1-15-7-17(33-14-28-29-30-33)10-27-22(15)8-24(34)32-6-5-31-12-23(35-13-18(31)11-32)19-3-4-21(25)20(9-26)16(19)2/h3-4,7,10,14,18,23H,5-6,8,11-13H2,1-2H3/t18-,23-/m0/s1. The van der Waals surface area contributed by atoms with E-state index in [4.69, 9.17) is 4.74 Å². The summed E-state index contributed by atoms with van der Waals surface area (Å²) in [6, 6.07) is 6.99. The average Bonchev–Trinajstić information content (AvgIpc) is 3.40. The van der Waals surface area contributed by atoms with Crippen LogP contribution in [-0.4, -0.2) is 79.7 Å². The molecule has 0 saturated carbocycles. The Morgan fingerprint density at radius 3 is 2.89 bits per heavy atom. The number of aryl methyl sites for hydroxylation is 1. The van der Waals surface area contributed by atoms with Gasteiger partial charge in [0.15, 0.2) is 0 Å². The molecule has 2 saturated heterocycles. The number of carbonyl (C=O) groups is 1. The molecule has 2 aliphatic heterocycles. The fourth-order valence-corrected chi connectivity index (χ4v) is 4.81. The van der Waals surface area contributed by atoms with E-state index in [1.54, 1.807) is 19.2 Å². The van der Waals surface area contributed by atoms with E-state index in [1.807, 2.05) is 24.0 Å². The van der Waals surface area contributed by atoms with Gasteiger partial charge in [0, 0.05) is 26.2 Å². The number of halogens is 1. The molecule has 0 radical (unpaired) electrons. The van der Waals surface area contributed by atoms with Gasteiger partial charge < -0.3 is 9.64 Å². The van der Waals surface area contributed by atoms with Gasteiger partial charge in [0.2, 0.25) is 5.91 Å². The Bertz CT molecular complexity index is 1290. The van der Waals surface area contributed by atoms with Gasteiger partial charge >= 0.3 is 0 Å². The van der Waals surface area contributed by atoms with Gasteiger partial charge in [-0.15, -0.1) is 5.10 Å². The smallest absolute Gasteiger partial charge is 0.228 e. The lowest BCUT2D eigenvalue weighted by Crippen LogP contribution is -2.59. The minimum Gasteiger partial charge on any atom is -0.370 e. The summed E-state index contributed by atoms with van der Waals surface area (Å²) in [5.74, 6) is -0.477. The minimum atomic E-state index is -0.510. The molecule has 2 atom stereocenters. The number of rotatable bonds is 4. The molecule has 4 heterocycles. The van der Waals surface area contributed by atoms with Crippen LogP contribution in [0.25, 0.3) is 5.69 Å². The van der Waals surface area contributed by atoms with Crippen LogP contribution in [-0.2, 0) is 16.0 Å². The van der Waals surface area contributed by atoms with Crippen molar-refractivity contribution in [3.63, 3.8) is 0 Å². The molecule has 2 aromatic heterocycles. The van der Waals surface area contributed by atoms with Gasteiger partial charge in [0.1, 0.15) is 18.2 Å². The first-order valence-corrected chi connectivity index (χ1v) is 11.5. The number of tetrazole rings is 1. The Labute approximate surface area is 201 Å². The van der Waals surface area contributed by atoms with Gasteiger partial charge in [-0.25, -0.2) is 4.39 Å². The highest BCUT2D eigenvalue weighted by Gasteiger charge is 2.36. The summed E-state index contributed by atoms with van der Waals surface area (Å²) in [7, 11) is 0. The van der Waals surface area contributed by atoms with Crippen LogP contribution < -0.4 is 0 Å². The third-order valence-corrected chi connectivity index (χ3v) is 6.87. The highest BCUT2D eigenvalue weighted by Crippen LogP contribution is 2.31. The zero-order valence-corrected chi connectivity index (χ0v) is 19.6. The first-order chi connectivity index (χ1) is 16.9. The lowest BCUT2D eigenvalue weighted by atomic mass is 9.96. The number of ether oxygens (including phenoxy) is 1. The summed E-state index contributed by atoms with van der Waals surface area (Å²) in [5.41, 5.74) is 3.91. The van der Waals surface area contributed by atoms with E-state index in [-0.39, 0.29) is 30.0 Å². The molecule has 1 amide bonds. The first kappa shape index (κ1) is 23.0. The fourth-order valence-electron chi connectivity index (χ4n) is 4.81. The van der Waals surface area contributed by atoms with Crippen molar-refractivity contribution < 1.29 is 13.9 Å². The average molecular weight is 477 g/mol. The highest BCUT2D eigenvalue weighted by molar-refractivity contribution is 5.79. The van der Waals surface area contributed by atoms with Crippen molar-refractivity contribution in [2.45, 2.75) is 32.4 Å². The molecule has 11 heteroatoms. The summed E-state index contributed by atoms with van der Waals surface area (Å²) in [6.07, 6.45) is 3.15. The molecule has 0 aliphatic carbocycles. The van der Waals surface area contributed by atoms with Gasteiger partial charge in [-0.2, -0.15) is 9.94 Å². The van der Waals surface area contributed by atoms with E-state index in [2.05, 4.69) is 25.4 Å². The molecule has 10 nitrogen and oxygen atoms in total. The molecule has 2 fully saturated rings. The van der Waals surface area contributed by atoms with E-state index in [1.165, 1.54) is 17.1 Å². The third kappa shape index (κ3) is 4.50. The second-order valence-corrected chi connectivity index (χ2v) is 8.95. The number of benzene rings is 1. The number of amides is 1. The van der Waals surface area contributed by atoms with Crippen LogP contribution in [0.1, 0.15) is 34.1 Å². The van der Waals surface area contributed by atoms with Crippen LogP contribution in [0.15, 0.2) is 30.7 Å². The number of hydrogen-bond acceptors (Lipinski definition) is 8. The second-order valence-electron chi connectivity index (χ2n) is 8.95. The van der Waals surface area contributed by atoms with Crippen molar-refractivity contribution in [3.05, 3.63) is 64.5 Å². The molecule has 180 valence electrons. The number of aromatic nitrogens is 5. The predicted molar refractivity (Wildman–Crippen MR) is 122 cm³/mol. The molecule has 5 rings (SSSR count). The maximum Gasteiger partial charge on any atom is 0.228 e. The van der Waals surface area contributed by atoms with E-state index >= 15 is 0 Å². The Kier molecular flexibility index (Phi) is 6.23. The molecular weight excluding hydrogens is 451 g/mol. The summed E-state index contributed by atoms with van der Waals surface area (Å²) < 4.78 is 21.6. The number of pyridine rings is 1. The molecule has 2 aliphatic rings. The third-order valence-electron chi connectivity index (χ3n) is 6.87. The summed E-state index contributed by atoms with van der Waals surface area (Å²) in [6.45, 7) is 6.72. The van der Waals surface area contributed by atoms with Crippen LogP contribution in [0, 0.1) is 31.0 Å². The molecule has 0 N–H and O–H groups in total. The molecule has 1 aromatic carbocycles. The van der Waals surface area contributed by atoms with Gasteiger partial charge in [0.25, 0.3) is 0 Å². The second kappa shape index (κ2) is 9.48. The summed E-state index contributed by atoms with van der Waals surface area (Å²) >= 11 is 0. The monoisotopic (exact) mass is 476 g/mol. The van der Waals surface area contributed by atoms with Gasteiger partial charge in [0.05, 0.1) is 48.3 Å². The number of hydrogen-bond donors (Lipinski definition) is 0. The Morgan fingerprint density at radius 2 is 2.14 bits per heavy atom. The van der Waals surface area contributed by atoms with E-state index in [0.29, 0.717) is 31.8 Å². The van der Waals surface area contributed by atoms with Gasteiger partial charge in [-0.05, 0) is 53.1 Å². The van der Waals surface area contributed by atoms with Gasteiger partial charge in [-0.1, -0.05) is 6.07 Å². The fraction of sp³-hybridized carbons (Fsp3) is 0.417. The number of morpholine rings is 1. The Hall–Kier alpha value is -3.75. The Balaban J connectivity index is 1.21. The van der Waals surface area contributed by atoms with Crippen molar-refractivity contribution in [1.82, 2.24) is 35.0 Å². The minimum absolute atomic E-state index is 0.0330. The Morgan fingerprint density at radius 1 is 1.29 bits per heavy atom. The van der Waals surface area contributed by atoms with E-state index < -0.39 is 5.82 Å². The molecule has 0 bridgehead atoms. The summed E-state index contributed by atoms with van der Waals surface area (Å²) in [5, 5.41) is 20.4. The van der Waals surface area contributed by atoms with Crippen molar-refractivity contribution >= 4 is 5.91 Å². The molecule has 3 aromatic rings. The number of carbonyl (C=O) groups excluding carboxylic acids is 1. The number of fused-ring (bicyclic) bond motifs is 1. The van der Waals surface area contributed by atoms with E-state index in [0.717, 1.165) is 29.1 Å². The van der Waals surface area contributed by atoms with E-state index in [9.17, 15) is 14.4 Å². The quantitative estimate of drug-likeness (QED) is 0.557. The SMILES string of the molecule is Cc1cc(-n2cnnn2)cnc1CC(=O)N1CCN2C[C@@H](c3ccc(F)c(C#N)c3C)OC[C@@H]2C1. The van der Waals surface area contributed by atoms with Crippen LogP contribution in [0.4, 0.5) is 4.39 Å². The maximum atomic E-state index is 13.9. The van der Waals surface area contributed by atoms with Crippen LogP contribution >= 0.6 is 0 Å². The van der Waals surface area contributed by atoms with Gasteiger partial charge in [-0.3, -0.25) is 14.7 Å². The first-order valence-electron chi connectivity index (χ1n) is 11.5. The lowest BCUT2D eigenvalue weighted by molar-refractivity contribution is -0.139. The molecule has 0 unspecified atom stereocenters. The zero-order valence-electron chi connectivity index (χ0n) is 19.6. The molecular formula is C24H25FN8O2. The maximum absolute atomic E-state index is 13.9. The number of nitrogens with zero attached hydrogens (tertiary/aromatic N) is 8. The largest absolute Gasteiger partial charge is 0.370 e. The molecule has 35 heavy (non-hydrogen) atoms. The highest BCUT2D eigenvalue weighted by atomic mass is 19.1. The van der Waals surface area contributed by atoms with Crippen LogP contribution in [0.2, 0.25) is 0 Å². The predicted octanol–water partition coefficient (Wildman–Crippen LogP) is 1.51. The zero-order chi connectivity index (χ0) is 24.5. The molecule has 0 spiro atoms. The van der Waals surface area contributed by atoms with Crippen LogP contribution in [0.5, 0.6) is 0 Å². The topological polar surface area (TPSA) is 113 Å². The lowest BCUT2D eigenvalue weighted by Gasteiger charge is -2.46. The van der Waals surface area contributed by atoms with Crippen molar-refractivity contribution in [2.75, 3.05) is 32.8 Å². The summed E-state index contributed by atoms with van der Waals surface area (Å²) in [4.78, 5) is 21.7.